The fourth-order valence-electron chi connectivity index (χ4n) is 3.14. The van der Waals surface area contributed by atoms with Crippen LogP contribution in [0.5, 0.6) is 0 Å². The molecule has 0 radical (unpaired) electrons. The Labute approximate surface area is 205 Å². The molecule has 8 heteroatoms. The van der Waals surface area contributed by atoms with Crippen LogP contribution in [0.1, 0.15) is 51.7 Å². The van der Waals surface area contributed by atoms with Gasteiger partial charge in [0.1, 0.15) is 5.60 Å². The van der Waals surface area contributed by atoms with E-state index >= 15 is 0 Å². The fourth-order valence-corrected chi connectivity index (χ4v) is 3.14. The van der Waals surface area contributed by atoms with E-state index in [9.17, 15) is 10.2 Å². The van der Waals surface area contributed by atoms with Crippen molar-refractivity contribution in [1.82, 2.24) is 0 Å². The number of rotatable bonds is 22. The van der Waals surface area contributed by atoms with E-state index in [0.717, 1.165) is 37.2 Å². The fraction of sp³-hybridized carbons (Fsp3) is 0.769. The van der Waals surface area contributed by atoms with Crippen LogP contribution in [-0.4, -0.2) is 88.7 Å². The quantitative estimate of drug-likeness (QED) is 0.191. The van der Waals surface area contributed by atoms with Gasteiger partial charge in [-0.05, 0) is 37.8 Å². The van der Waals surface area contributed by atoms with Crippen molar-refractivity contribution in [3.8, 4) is 0 Å². The second kappa shape index (κ2) is 18.2. The van der Waals surface area contributed by atoms with Crippen LogP contribution in [0.3, 0.4) is 0 Å². The van der Waals surface area contributed by atoms with Crippen molar-refractivity contribution in [3.63, 3.8) is 0 Å². The lowest BCUT2D eigenvalue weighted by Gasteiger charge is -2.26. The van der Waals surface area contributed by atoms with Gasteiger partial charge in [-0.1, -0.05) is 38.1 Å². The Morgan fingerprint density at radius 2 is 1.06 bits per heavy atom. The summed E-state index contributed by atoms with van der Waals surface area (Å²) >= 11 is 0. The van der Waals surface area contributed by atoms with Crippen molar-refractivity contribution < 1.29 is 38.6 Å². The summed E-state index contributed by atoms with van der Waals surface area (Å²) in [6, 6.07) is 7.44. The first-order chi connectivity index (χ1) is 16.3. The highest BCUT2D eigenvalue weighted by atomic mass is 16.6. The highest BCUT2D eigenvalue weighted by Gasteiger charge is 2.25. The number of aliphatic hydroxyl groups is 2. The van der Waals surface area contributed by atoms with Gasteiger partial charge < -0.3 is 38.6 Å². The summed E-state index contributed by atoms with van der Waals surface area (Å²) in [7, 11) is 0. The van der Waals surface area contributed by atoms with Crippen molar-refractivity contribution in [2.45, 2.75) is 58.3 Å². The van der Waals surface area contributed by atoms with Crippen molar-refractivity contribution in [2.24, 2.45) is 0 Å². The second-order valence-corrected chi connectivity index (χ2v) is 8.67. The first-order valence-electron chi connectivity index (χ1n) is 12.4. The Morgan fingerprint density at radius 1 is 0.618 bits per heavy atom. The minimum Gasteiger partial charge on any atom is -0.383 e. The number of hydrogen-bond acceptors (Lipinski definition) is 8. The zero-order valence-corrected chi connectivity index (χ0v) is 21.6. The molecule has 0 bridgehead atoms. The lowest BCUT2D eigenvalue weighted by atomic mass is 9.94. The van der Waals surface area contributed by atoms with E-state index in [0.29, 0.717) is 59.3 Å². The van der Waals surface area contributed by atoms with Gasteiger partial charge in [-0.2, -0.15) is 0 Å². The van der Waals surface area contributed by atoms with Crippen molar-refractivity contribution in [3.05, 3.63) is 35.4 Å². The molecule has 34 heavy (non-hydrogen) atoms. The molecular weight excluding hydrogens is 440 g/mol. The molecular formula is C26H46O8. The lowest BCUT2D eigenvalue weighted by Crippen LogP contribution is -2.32. The van der Waals surface area contributed by atoms with Crippen LogP contribution in [0, 0.1) is 0 Å². The van der Waals surface area contributed by atoms with Gasteiger partial charge in [0.05, 0.1) is 59.5 Å². The van der Waals surface area contributed by atoms with Gasteiger partial charge in [-0.3, -0.25) is 0 Å². The topological polar surface area (TPSA) is 95.8 Å². The Morgan fingerprint density at radius 3 is 1.56 bits per heavy atom. The smallest absolute Gasteiger partial charge is 0.166 e. The van der Waals surface area contributed by atoms with Crippen LogP contribution in [0.2, 0.25) is 0 Å². The van der Waals surface area contributed by atoms with Gasteiger partial charge in [0.15, 0.2) is 5.79 Å². The zero-order valence-electron chi connectivity index (χ0n) is 21.6. The highest BCUT2D eigenvalue weighted by Crippen LogP contribution is 2.23. The minimum absolute atomic E-state index is 0.159. The third-order valence-electron chi connectivity index (χ3n) is 4.94. The van der Waals surface area contributed by atoms with Crippen LogP contribution in [0.25, 0.3) is 0 Å². The third-order valence-corrected chi connectivity index (χ3v) is 4.94. The molecule has 0 amide bonds. The summed E-state index contributed by atoms with van der Waals surface area (Å²) in [6.07, 6.45) is 2.31. The van der Waals surface area contributed by atoms with Crippen molar-refractivity contribution in [1.29, 1.82) is 0 Å². The van der Waals surface area contributed by atoms with Crippen LogP contribution >= 0.6 is 0 Å². The summed E-state index contributed by atoms with van der Waals surface area (Å²) < 4.78 is 32.7. The molecule has 0 aliphatic heterocycles. The molecule has 0 aliphatic rings. The van der Waals surface area contributed by atoms with Crippen LogP contribution in [0.4, 0.5) is 0 Å². The van der Waals surface area contributed by atoms with Gasteiger partial charge in [-0.25, -0.2) is 0 Å². The summed E-state index contributed by atoms with van der Waals surface area (Å²) in [5.74, 6) is -1.31. The Kier molecular flexibility index (Phi) is 16.6. The standard InChI is InChI=1S/C26H46O8/c1-5-11-29-13-15-31-17-18-33-22-25(3,27)24-9-7-23(8-10-24)21-26(4,28)34-20-19-32-16-14-30-12-6-2/h7-10,27-28H,5-6,11-22H2,1-4H3. The molecule has 0 heterocycles. The molecule has 2 atom stereocenters. The molecule has 8 nitrogen and oxygen atoms in total. The largest absolute Gasteiger partial charge is 0.383 e. The van der Waals surface area contributed by atoms with Gasteiger partial charge in [0.2, 0.25) is 0 Å². The van der Waals surface area contributed by atoms with E-state index in [1.165, 1.54) is 0 Å². The molecule has 2 N–H and O–H groups in total. The van der Waals surface area contributed by atoms with E-state index in [2.05, 4.69) is 13.8 Å². The predicted molar refractivity (Wildman–Crippen MR) is 131 cm³/mol. The van der Waals surface area contributed by atoms with Crippen LogP contribution in [-0.2, 0) is 40.4 Å². The van der Waals surface area contributed by atoms with E-state index in [-0.39, 0.29) is 6.61 Å². The molecule has 0 saturated heterocycles. The molecule has 1 aromatic carbocycles. The summed E-state index contributed by atoms with van der Waals surface area (Å²) in [6.45, 7) is 12.9. The van der Waals surface area contributed by atoms with E-state index in [1.54, 1.807) is 13.8 Å². The lowest BCUT2D eigenvalue weighted by molar-refractivity contribution is -0.195. The van der Waals surface area contributed by atoms with Gasteiger partial charge >= 0.3 is 0 Å². The third kappa shape index (κ3) is 15.0. The normalized spacial score (nSPS) is 15.2. The molecule has 198 valence electrons. The number of ether oxygens (including phenoxy) is 6. The summed E-state index contributed by atoms with van der Waals surface area (Å²) in [4.78, 5) is 0. The maximum atomic E-state index is 10.8. The molecule has 0 saturated carbocycles. The monoisotopic (exact) mass is 486 g/mol. The Balaban J connectivity index is 2.27. The molecule has 0 spiro atoms. The minimum atomic E-state index is -1.31. The maximum absolute atomic E-state index is 10.8. The van der Waals surface area contributed by atoms with Gasteiger partial charge in [-0.15, -0.1) is 0 Å². The molecule has 1 aromatic rings. The molecule has 0 aliphatic carbocycles. The highest BCUT2D eigenvalue weighted by molar-refractivity contribution is 5.27. The Hall–Kier alpha value is -1.10. The molecule has 1 rings (SSSR count). The van der Waals surface area contributed by atoms with Gasteiger partial charge in [0.25, 0.3) is 0 Å². The van der Waals surface area contributed by atoms with E-state index in [1.807, 2.05) is 24.3 Å². The number of hydrogen-bond donors (Lipinski definition) is 2. The average molecular weight is 487 g/mol. The molecule has 0 aromatic heterocycles. The first kappa shape index (κ1) is 30.9. The second-order valence-electron chi connectivity index (χ2n) is 8.67. The summed E-state index contributed by atoms with van der Waals surface area (Å²) in [5.41, 5.74) is 0.516. The average Bonchev–Trinajstić information content (AvgIpc) is 2.80. The molecule has 0 fully saturated rings. The van der Waals surface area contributed by atoms with E-state index < -0.39 is 11.4 Å². The predicted octanol–water partition coefficient (Wildman–Crippen LogP) is 3.06. The van der Waals surface area contributed by atoms with Crippen molar-refractivity contribution >= 4 is 0 Å². The Bertz CT molecular complexity index is 603. The SMILES string of the molecule is CCCOCCOCCOCC(C)(O)c1ccc(CC(C)(O)OCCOCCOCCC)cc1. The summed E-state index contributed by atoms with van der Waals surface area (Å²) in [5, 5.41) is 21.3. The maximum Gasteiger partial charge on any atom is 0.166 e. The number of benzene rings is 1. The van der Waals surface area contributed by atoms with Crippen LogP contribution in [0.15, 0.2) is 24.3 Å². The van der Waals surface area contributed by atoms with Gasteiger partial charge in [0, 0.05) is 19.6 Å². The zero-order chi connectivity index (χ0) is 25.1. The van der Waals surface area contributed by atoms with Crippen LogP contribution < -0.4 is 0 Å². The first-order valence-corrected chi connectivity index (χ1v) is 12.4. The molecule has 2 unspecified atom stereocenters. The van der Waals surface area contributed by atoms with E-state index in [4.69, 9.17) is 28.4 Å². The van der Waals surface area contributed by atoms with Crippen molar-refractivity contribution in [2.75, 3.05) is 72.7 Å².